The Balaban J connectivity index is 1.11. The quantitative estimate of drug-likeness (QED) is 0.257. The molecule has 1 unspecified atom stereocenters. The van der Waals surface area contributed by atoms with Gasteiger partial charge in [0, 0.05) is 43.8 Å². The third kappa shape index (κ3) is 6.32. The van der Waals surface area contributed by atoms with Crippen molar-refractivity contribution in [2.45, 2.75) is 63.1 Å². The molecule has 1 aliphatic carbocycles. The number of piperazine rings is 1. The van der Waals surface area contributed by atoms with Gasteiger partial charge in [0.2, 0.25) is 17.6 Å². The smallest absolute Gasteiger partial charge is 0.226 e. The van der Waals surface area contributed by atoms with E-state index in [2.05, 4.69) is 17.1 Å². The molecule has 2 aliphatic rings. The SMILES string of the molecule is COc1ccc(-n2c(SCCCCC(=O)N3CCN(C(=O)C4CCCC4)C(C)C3)nnc2-c2ccco2)cc1. The predicted octanol–water partition coefficient (Wildman–Crippen LogP) is 5.05. The fraction of sp³-hybridized carbons (Fsp3) is 0.517. The minimum Gasteiger partial charge on any atom is -0.497 e. The first-order chi connectivity index (χ1) is 19.0. The maximum absolute atomic E-state index is 12.9. The molecule has 0 radical (unpaired) electrons. The molecule has 39 heavy (non-hydrogen) atoms. The molecule has 2 aromatic heterocycles. The van der Waals surface area contributed by atoms with E-state index in [0.717, 1.165) is 60.9 Å². The number of amides is 2. The number of unbranched alkanes of at least 4 members (excludes halogenated alkanes) is 1. The second kappa shape index (κ2) is 12.7. The fourth-order valence-electron chi connectivity index (χ4n) is 5.51. The van der Waals surface area contributed by atoms with Gasteiger partial charge in [0.05, 0.1) is 19.1 Å². The van der Waals surface area contributed by atoms with Gasteiger partial charge in [-0.1, -0.05) is 24.6 Å². The molecule has 1 saturated heterocycles. The summed E-state index contributed by atoms with van der Waals surface area (Å²) in [6, 6.07) is 11.5. The van der Waals surface area contributed by atoms with Gasteiger partial charge in [0.25, 0.3) is 0 Å². The summed E-state index contributed by atoms with van der Waals surface area (Å²) in [5, 5.41) is 9.60. The third-order valence-electron chi connectivity index (χ3n) is 7.69. The number of methoxy groups -OCH3 is 1. The van der Waals surface area contributed by atoms with Crippen LogP contribution >= 0.6 is 11.8 Å². The van der Waals surface area contributed by atoms with Crippen molar-refractivity contribution >= 4 is 23.6 Å². The Morgan fingerprint density at radius 2 is 1.87 bits per heavy atom. The van der Waals surface area contributed by atoms with Crippen molar-refractivity contribution in [3.8, 4) is 23.0 Å². The van der Waals surface area contributed by atoms with E-state index >= 15 is 0 Å². The number of benzene rings is 1. The lowest BCUT2D eigenvalue weighted by Crippen LogP contribution is -2.56. The summed E-state index contributed by atoms with van der Waals surface area (Å²) in [4.78, 5) is 29.7. The molecule has 3 heterocycles. The summed E-state index contributed by atoms with van der Waals surface area (Å²) in [6.07, 6.45) is 8.19. The number of hydrogen-bond acceptors (Lipinski definition) is 7. The molecule has 1 saturated carbocycles. The van der Waals surface area contributed by atoms with E-state index in [4.69, 9.17) is 9.15 Å². The molecule has 10 heteroatoms. The zero-order valence-electron chi connectivity index (χ0n) is 22.8. The molecule has 1 aliphatic heterocycles. The lowest BCUT2D eigenvalue weighted by Gasteiger charge is -2.41. The Morgan fingerprint density at radius 3 is 2.56 bits per heavy atom. The highest BCUT2D eigenvalue weighted by atomic mass is 32.2. The van der Waals surface area contributed by atoms with Crippen LogP contribution in [-0.4, -0.2) is 74.9 Å². The van der Waals surface area contributed by atoms with Gasteiger partial charge in [-0.25, -0.2) is 0 Å². The first-order valence-corrected chi connectivity index (χ1v) is 14.9. The molecule has 1 aromatic carbocycles. The van der Waals surface area contributed by atoms with Gasteiger partial charge in [-0.3, -0.25) is 14.2 Å². The van der Waals surface area contributed by atoms with E-state index in [1.807, 2.05) is 50.8 Å². The number of carbonyl (C=O) groups is 2. The molecule has 0 N–H and O–H groups in total. The molecular weight excluding hydrogens is 514 g/mol. The van der Waals surface area contributed by atoms with Crippen LogP contribution in [0.25, 0.3) is 17.3 Å². The summed E-state index contributed by atoms with van der Waals surface area (Å²) in [5.41, 5.74) is 0.921. The molecule has 0 bridgehead atoms. The standard InChI is InChI=1S/C29H37N5O4S/c1-21-20-32(16-17-33(21)28(36)22-8-3-4-9-22)26(35)11-5-6-19-39-29-31-30-27(25-10-7-18-38-25)34(29)23-12-14-24(37-2)15-13-23/h7,10,12-15,18,21-22H,3-6,8-9,11,16-17,19-20H2,1-2H3. The molecule has 3 aromatic rings. The van der Waals surface area contributed by atoms with E-state index < -0.39 is 0 Å². The van der Waals surface area contributed by atoms with Crippen LogP contribution in [0.1, 0.15) is 51.9 Å². The minimum absolute atomic E-state index is 0.0824. The summed E-state index contributed by atoms with van der Waals surface area (Å²) >= 11 is 1.62. The van der Waals surface area contributed by atoms with Gasteiger partial charge in [0.15, 0.2) is 10.9 Å². The topological polar surface area (TPSA) is 93.7 Å². The largest absolute Gasteiger partial charge is 0.497 e. The van der Waals surface area contributed by atoms with Gasteiger partial charge >= 0.3 is 0 Å². The Labute approximate surface area is 233 Å². The number of furan rings is 1. The highest BCUT2D eigenvalue weighted by Crippen LogP contribution is 2.30. The van der Waals surface area contributed by atoms with E-state index in [1.165, 1.54) is 0 Å². The number of nitrogens with zero attached hydrogens (tertiary/aromatic N) is 5. The van der Waals surface area contributed by atoms with E-state index in [1.54, 1.807) is 25.1 Å². The van der Waals surface area contributed by atoms with Crippen molar-refractivity contribution in [2.24, 2.45) is 5.92 Å². The van der Waals surface area contributed by atoms with E-state index in [0.29, 0.717) is 43.5 Å². The Bertz CT molecular complexity index is 1240. The Kier molecular flexibility index (Phi) is 8.91. The fourth-order valence-corrected chi connectivity index (χ4v) is 6.46. The third-order valence-corrected chi connectivity index (χ3v) is 8.70. The van der Waals surface area contributed by atoms with Gasteiger partial charge < -0.3 is 19.0 Å². The van der Waals surface area contributed by atoms with Crippen molar-refractivity contribution in [3.63, 3.8) is 0 Å². The van der Waals surface area contributed by atoms with Crippen molar-refractivity contribution in [2.75, 3.05) is 32.5 Å². The minimum atomic E-state index is 0.0824. The van der Waals surface area contributed by atoms with Gasteiger partial charge in [0.1, 0.15) is 5.75 Å². The zero-order valence-corrected chi connectivity index (χ0v) is 23.6. The lowest BCUT2D eigenvalue weighted by molar-refractivity contribution is -0.145. The summed E-state index contributed by atoms with van der Waals surface area (Å²) < 4.78 is 12.9. The van der Waals surface area contributed by atoms with Crippen LogP contribution in [0.2, 0.25) is 0 Å². The summed E-state index contributed by atoms with van der Waals surface area (Å²) in [6.45, 7) is 3.99. The second-order valence-electron chi connectivity index (χ2n) is 10.3. The number of hydrogen-bond donors (Lipinski definition) is 0. The van der Waals surface area contributed by atoms with Crippen LogP contribution in [-0.2, 0) is 9.59 Å². The van der Waals surface area contributed by atoms with Crippen LogP contribution in [0.4, 0.5) is 0 Å². The van der Waals surface area contributed by atoms with Crippen LogP contribution in [0.15, 0.2) is 52.2 Å². The summed E-state index contributed by atoms with van der Waals surface area (Å²) in [7, 11) is 1.65. The molecule has 9 nitrogen and oxygen atoms in total. The monoisotopic (exact) mass is 551 g/mol. The number of rotatable bonds is 10. The van der Waals surface area contributed by atoms with E-state index in [-0.39, 0.29) is 17.9 Å². The highest BCUT2D eigenvalue weighted by Gasteiger charge is 2.34. The average Bonchev–Trinajstić information content (AvgIpc) is 3.74. The Morgan fingerprint density at radius 1 is 1.08 bits per heavy atom. The maximum atomic E-state index is 12.9. The predicted molar refractivity (Wildman–Crippen MR) is 150 cm³/mol. The second-order valence-corrected chi connectivity index (χ2v) is 11.4. The van der Waals surface area contributed by atoms with Gasteiger partial charge in [-0.15, -0.1) is 10.2 Å². The average molecular weight is 552 g/mol. The molecule has 1 atom stereocenters. The molecule has 2 amide bonds. The number of ether oxygens (including phenoxy) is 1. The lowest BCUT2D eigenvalue weighted by atomic mass is 10.0. The normalized spacial score (nSPS) is 18.1. The van der Waals surface area contributed by atoms with Gasteiger partial charge in [-0.05, 0) is 69.0 Å². The van der Waals surface area contributed by atoms with Gasteiger partial charge in [-0.2, -0.15) is 0 Å². The first-order valence-electron chi connectivity index (χ1n) is 13.9. The summed E-state index contributed by atoms with van der Waals surface area (Å²) in [5.74, 6) is 3.56. The Hall–Kier alpha value is -3.27. The molecule has 5 rings (SSSR count). The number of aromatic nitrogens is 3. The first kappa shape index (κ1) is 27.3. The van der Waals surface area contributed by atoms with Crippen LogP contribution in [0.3, 0.4) is 0 Å². The van der Waals surface area contributed by atoms with Crippen molar-refractivity contribution in [3.05, 3.63) is 42.7 Å². The molecule has 0 spiro atoms. The van der Waals surface area contributed by atoms with Crippen molar-refractivity contribution in [1.82, 2.24) is 24.6 Å². The maximum Gasteiger partial charge on any atom is 0.226 e. The molecular formula is C29H37N5O4S. The van der Waals surface area contributed by atoms with Crippen LogP contribution < -0.4 is 4.74 Å². The molecule has 2 fully saturated rings. The number of thioether (sulfide) groups is 1. The number of carbonyl (C=O) groups excluding carboxylic acids is 2. The van der Waals surface area contributed by atoms with Crippen LogP contribution in [0, 0.1) is 5.92 Å². The highest BCUT2D eigenvalue weighted by molar-refractivity contribution is 7.99. The van der Waals surface area contributed by atoms with Crippen molar-refractivity contribution in [1.29, 1.82) is 0 Å². The van der Waals surface area contributed by atoms with E-state index in [9.17, 15) is 9.59 Å². The van der Waals surface area contributed by atoms with Crippen molar-refractivity contribution < 1.29 is 18.7 Å². The van der Waals surface area contributed by atoms with Crippen LogP contribution in [0.5, 0.6) is 5.75 Å². The molecule has 208 valence electrons. The zero-order chi connectivity index (χ0) is 27.2.